The Hall–Kier alpha value is -1.47. The van der Waals surface area contributed by atoms with Gasteiger partial charge in [0.15, 0.2) is 0 Å². The van der Waals surface area contributed by atoms with Gasteiger partial charge in [0.05, 0.1) is 12.1 Å². The molecule has 1 heterocycles. The zero-order chi connectivity index (χ0) is 17.0. The van der Waals surface area contributed by atoms with Gasteiger partial charge < -0.3 is 10.0 Å². The van der Waals surface area contributed by atoms with E-state index in [1.807, 2.05) is 4.90 Å². The lowest BCUT2D eigenvalue weighted by Gasteiger charge is -2.25. The smallest absolute Gasteiger partial charge is 0.317 e. The molecular weight excluding hydrogens is 367 g/mol. The molecule has 1 amide bonds. The van der Waals surface area contributed by atoms with Crippen LogP contribution in [0.15, 0.2) is 22.7 Å². The van der Waals surface area contributed by atoms with Crippen molar-refractivity contribution >= 4 is 27.8 Å². The Morgan fingerprint density at radius 3 is 2.83 bits per heavy atom. The van der Waals surface area contributed by atoms with Crippen LogP contribution in [-0.2, 0) is 4.79 Å². The summed E-state index contributed by atoms with van der Waals surface area (Å²) in [7, 11) is 1.79. The Balaban J connectivity index is 2.04. The Kier molecular flexibility index (Phi) is 6.12. The SMILES string of the molecule is CN(CC(=O)O)C1CCCN(C(=O)c2cc(F)ccc2Br)CC1. The number of likely N-dealkylation sites (tertiary alicyclic amines) is 1. The third-order valence-corrected chi connectivity index (χ3v) is 4.84. The monoisotopic (exact) mass is 386 g/mol. The third-order valence-electron chi connectivity index (χ3n) is 4.15. The molecule has 0 spiro atoms. The predicted octanol–water partition coefficient (Wildman–Crippen LogP) is 2.60. The summed E-state index contributed by atoms with van der Waals surface area (Å²) >= 11 is 3.29. The van der Waals surface area contributed by atoms with Gasteiger partial charge in [-0.15, -0.1) is 0 Å². The van der Waals surface area contributed by atoms with Gasteiger partial charge in [-0.3, -0.25) is 14.5 Å². The van der Waals surface area contributed by atoms with Gasteiger partial charge in [-0.1, -0.05) is 0 Å². The highest BCUT2D eigenvalue weighted by Gasteiger charge is 2.25. The number of carbonyl (C=O) groups excluding carboxylic acids is 1. The fourth-order valence-electron chi connectivity index (χ4n) is 2.90. The molecule has 0 saturated carbocycles. The molecule has 1 unspecified atom stereocenters. The van der Waals surface area contributed by atoms with E-state index in [2.05, 4.69) is 15.9 Å². The number of rotatable bonds is 4. The summed E-state index contributed by atoms with van der Waals surface area (Å²) in [4.78, 5) is 27.0. The summed E-state index contributed by atoms with van der Waals surface area (Å²) in [6.45, 7) is 1.13. The maximum absolute atomic E-state index is 13.4. The molecule has 7 heteroatoms. The van der Waals surface area contributed by atoms with Crippen LogP contribution in [0.25, 0.3) is 0 Å². The second-order valence-corrected chi connectivity index (χ2v) is 6.66. The van der Waals surface area contributed by atoms with Crippen molar-refractivity contribution in [3.63, 3.8) is 0 Å². The molecule has 1 aromatic rings. The number of carbonyl (C=O) groups is 2. The van der Waals surface area contributed by atoms with Gasteiger partial charge in [-0.05, 0) is 60.4 Å². The predicted molar refractivity (Wildman–Crippen MR) is 87.9 cm³/mol. The highest BCUT2D eigenvalue weighted by atomic mass is 79.9. The summed E-state index contributed by atoms with van der Waals surface area (Å²) in [5, 5.41) is 8.88. The molecule has 1 aliphatic rings. The summed E-state index contributed by atoms with van der Waals surface area (Å²) in [6.07, 6.45) is 2.35. The van der Waals surface area contributed by atoms with Crippen LogP contribution in [0, 0.1) is 5.82 Å². The quantitative estimate of drug-likeness (QED) is 0.863. The molecule has 2 rings (SSSR count). The maximum atomic E-state index is 13.4. The number of amides is 1. The van der Waals surface area contributed by atoms with Gasteiger partial charge in [-0.2, -0.15) is 0 Å². The second kappa shape index (κ2) is 7.88. The van der Waals surface area contributed by atoms with E-state index >= 15 is 0 Å². The molecule has 1 fully saturated rings. The Labute approximate surface area is 143 Å². The first kappa shape index (κ1) is 17.9. The van der Waals surface area contributed by atoms with E-state index in [4.69, 9.17) is 5.11 Å². The van der Waals surface area contributed by atoms with Crippen molar-refractivity contribution in [2.45, 2.75) is 25.3 Å². The molecule has 5 nitrogen and oxygen atoms in total. The number of carboxylic acid groups (broad SMARTS) is 1. The topological polar surface area (TPSA) is 60.9 Å². The molecule has 0 aliphatic carbocycles. The molecule has 23 heavy (non-hydrogen) atoms. The zero-order valence-corrected chi connectivity index (χ0v) is 14.6. The highest BCUT2D eigenvalue weighted by molar-refractivity contribution is 9.10. The first-order chi connectivity index (χ1) is 10.9. The normalized spacial score (nSPS) is 18.8. The van der Waals surface area contributed by atoms with Gasteiger partial charge in [0.25, 0.3) is 5.91 Å². The lowest BCUT2D eigenvalue weighted by atomic mass is 10.1. The minimum absolute atomic E-state index is 0.00590. The van der Waals surface area contributed by atoms with Gasteiger partial charge in [0, 0.05) is 23.6 Å². The minimum Gasteiger partial charge on any atom is -0.480 e. The van der Waals surface area contributed by atoms with Crippen LogP contribution in [-0.4, -0.2) is 59.5 Å². The van der Waals surface area contributed by atoms with E-state index in [1.165, 1.54) is 18.2 Å². The second-order valence-electron chi connectivity index (χ2n) is 5.81. The Morgan fingerprint density at radius 2 is 2.13 bits per heavy atom. The van der Waals surface area contributed by atoms with E-state index in [-0.39, 0.29) is 18.5 Å². The van der Waals surface area contributed by atoms with Crippen molar-refractivity contribution in [2.24, 2.45) is 0 Å². The Morgan fingerprint density at radius 1 is 1.39 bits per heavy atom. The highest BCUT2D eigenvalue weighted by Crippen LogP contribution is 2.22. The Bertz CT molecular complexity index is 597. The van der Waals surface area contributed by atoms with Gasteiger partial charge >= 0.3 is 5.97 Å². The van der Waals surface area contributed by atoms with Gasteiger partial charge in [0.2, 0.25) is 0 Å². The number of carboxylic acids is 1. The third kappa shape index (κ3) is 4.75. The number of halogens is 2. The van der Waals surface area contributed by atoms with Crippen molar-refractivity contribution in [1.29, 1.82) is 0 Å². The molecule has 126 valence electrons. The van der Waals surface area contributed by atoms with Crippen LogP contribution in [0.2, 0.25) is 0 Å². The van der Waals surface area contributed by atoms with E-state index < -0.39 is 11.8 Å². The van der Waals surface area contributed by atoms with E-state index in [9.17, 15) is 14.0 Å². The summed E-state index contributed by atoms with van der Waals surface area (Å²) in [5.41, 5.74) is 0.322. The first-order valence-electron chi connectivity index (χ1n) is 7.55. The molecule has 0 bridgehead atoms. The summed E-state index contributed by atoms with van der Waals surface area (Å²) < 4.78 is 14.0. The van der Waals surface area contributed by atoms with Crippen molar-refractivity contribution in [3.05, 3.63) is 34.1 Å². The van der Waals surface area contributed by atoms with Gasteiger partial charge in [0.1, 0.15) is 5.82 Å². The molecule has 1 aliphatic heterocycles. The maximum Gasteiger partial charge on any atom is 0.317 e. The van der Waals surface area contributed by atoms with Crippen molar-refractivity contribution < 1.29 is 19.1 Å². The minimum atomic E-state index is -0.853. The van der Waals surface area contributed by atoms with Crippen LogP contribution < -0.4 is 0 Å². The molecule has 1 N–H and O–H groups in total. The first-order valence-corrected chi connectivity index (χ1v) is 8.34. The molecule has 0 radical (unpaired) electrons. The standard InChI is InChI=1S/C16H20BrFN2O3/c1-19(10-15(21)22)12-3-2-7-20(8-6-12)16(23)13-9-11(18)4-5-14(13)17/h4-5,9,12H,2-3,6-8,10H2,1H3,(H,21,22). The van der Waals surface area contributed by atoms with Crippen LogP contribution in [0.3, 0.4) is 0 Å². The summed E-state index contributed by atoms with van der Waals surface area (Å²) in [6, 6.07) is 4.22. The fourth-order valence-corrected chi connectivity index (χ4v) is 3.31. The van der Waals surface area contributed by atoms with E-state index in [0.717, 1.165) is 12.8 Å². The number of hydrogen-bond donors (Lipinski definition) is 1. The number of likely N-dealkylation sites (N-methyl/N-ethyl adjacent to an activating group) is 1. The molecule has 0 aromatic heterocycles. The lowest BCUT2D eigenvalue weighted by molar-refractivity contribution is -0.138. The number of nitrogens with zero attached hydrogens (tertiary/aromatic N) is 2. The van der Waals surface area contributed by atoms with Crippen LogP contribution in [0.4, 0.5) is 4.39 Å². The van der Waals surface area contributed by atoms with Gasteiger partial charge in [-0.25, -0.2) is 4.39 Å². The van der Waals surface area contributed by atoms with Crippen LogP contribution in [0.1, 0.15) is 29.6 Å². The number of hydrogen-bond acceptors (Lipinski definition) is 3. The summed E-state index contributed by atoms with van der Waals surface area (Å²) in [5.74, 6) is -1.49. The molecule has 1 atom stereocenters. The van der Waals surface area contributed by atoms with Crippen molar-refractivity contribution in [2.75, 3.05) is 26.7 Å². The number of benzene rings is 1. The van der Waals surface area contributed by atoms with E-state index in [1.54, 1.807) is 11.9 Å². The van der Waals surface area contributed by atoms with Crippen LogP contribution >= 0.6 is 15.9 Å². The fraction of sp³-hybridized carbons (Fsp3) is 0.500. The molecule has 1 saturated heterocycles. The largest absolute Gasteiger partial charge is 0.480 e. The van der Waals surface area contributed by atoms with E-state index in [0.29, 0.717) is 29.5 Å². The molecule has 1 aromatic carbocycles. The average Bonchev–Trinajstić information content (AvgIpc) is 2.74. The van der Waals surface area contributed by atoms with Crippen molar-refractivity contribution in [1.82, 2.24) is 9.80 Å². The average molecular weight is 387 g/mol. The lowest BCUT2D eigenvalue weighted by Crippen LogP contribution is -2.37. The molecular formula is C16H20BrFN2O3. The number of aliphatic carboxylic acids is 1. The van der Waals surface area contributed by atoms with Crippen LogP contribution in [0.5, 0.6) is 0 Å². The zero-order valence-electron chi connectivity index (χ0n) is 13.0. The van der Waals surface area contributed by atoms with Crippen molar-refractivity contribution in [3.8, 4) is 0 Å².